The third kappa shape index (κ3) is 8.41. The van der Waals surface area contributed by atoms with Gasteiger partial charge in [-0.3, -0.25) is 9.69 Å². The number of rotatable bonds is 11. The minimum Gasteiger partial charge on any atom is -0.459 e. The van der Waals surface area contributed by atoms with E-state index in [1.165, 1.54) is 4.90 Å². The van der Waals surface area contributed by atoms with Crippen molar-refractivity contribution >= 4 is 12.1 Å². The number of hydrogen-bond donors (Lipinski definition) is 2. The lowest BCUT2D eigenvalue weighted by atomic mass is 9.72. The van der Waals surface area contributed by atoms with Gasteiger partial charge in [-0.1, -0.05) is 70.9 Å². The fourth-order valence-corrected chi connectivity index (χ4v) is 6.17. The van der Waals surface area contributed by atoms with E-state index in [0.29, 0.717) is 6.42 Å². The van der Waals surface area contributed by atoms with Crippen molar-refractivity contribution in [3.8, 4) is 0 Å². The lowest BCUT2D eigenvalue weighted by Crippen LogP contribution is -2.63. The first-order valence-electron chi connectivity index (χ1n) is 14.7. The number of benzene rings is 2. The van der Waals surface area contributed by atoms with E-state index in [0.717, 1.165) is 18.1 Å². The van der Waals surface area contributed by atoms with Crippen molar-refractivity contribution in [2.24, 2.45) is 21.9 Å². The third-order valence-electron chi connectivity index (χ3n) is 8.28. The molecule has 1 aliphatic heterocycles. The Kier molecular flexibility index (Phi) is 12.0. The summed E-state index contributed by atoms with van der Waals surface area (Å²) in [5.41, 5.74) is 26.4. The molecule has 14 nitrogen and oxygen atoms in total. The largest absolute Gasteiger partial charge is 0.459 e. The van der Waals surface area contributed by atoms with Crippen molar-refractivity contribution in [1.29, 1.82) is 0 Å². The smallest absolute Gasteiger partial charge is 0.410 e. The molecule has 9 atom stereocenters. The monoisotopic (exact) mass is 624 g/mol. The van der Waals surface area contributed by atoms with Gasteiger partial charge in [-0.15, -0.1) is 0 Å². The number of nitrogens with zero attached hydrogens (tertiary/aromatic N) is 7. The fraction of sp³-hybridized carbons (Fsp3) is 0.533. The highest BCUT2D eigenvalue weighted by Crippen LogP contribution is 2.39. The fourth-order valence-electron chi connectivity index (χ4n) is 6.17. The van der Waals surface area contributed by atoms with Crippen molar-refractivity contribution in [2.75, 3.05) is 6.67 Å². The molecular weight excluding hydrogens is 587 g/mol. The first-order chi connectivity index (χ1) is 21.8. The summed E-state index contributed by atoms with van der Waals surface area (Å²) in [6, 6.07) is 14.4. The summed E-state index contributed by atoms with van der Waals surface area (Å²) in [6.07, 6.45) is -4.81. The first kappa shape index (κ1) is 33.5. The molecule has 1 saturated heterocycles. The van der Waals surface area contributed by atoms with Crippen molar-refractivity contribution in [3.05, 3.63) is 92.7 Å². The summed E-state index contributed by atoms with van der Waals surface area (Å²) in [6.45, 7) is 0.198. The highest BCUT2D eigenvalue weighted by Gasteiger charge is 2.52. The standard InChI is InChI=1S/C30H37FN8O6/c1-18(40)44-29-23(36-38-34)14-22(35-37-33)26(27(29)41)28-21(32)12-13-25(45-28)24(15-31)39(16-19-8-4-2-5-9-19)30(42)43-17-20-10-6-3-7-11-20/h2-11,21-29,41H,12-17,32H2,1H3/t21-,22?,23?,24-,25+,26?,27+,28+,29+/m1/s1. The molecule has 3 N–H and O–H groups in total. The molecular formula is C30H37FN8O6. The maximum atomic E-state index is 15.0. The van der Waals surface area contributed by atoms with Crippen LogP contribution in [-0.4, -0.2) is 77.3 Å². The number of nitrogens with two attached hydrogens (primary N) is 1. The van der Waals surface area contributed by atoms with E-state index in [4.69, 9.17) is 25.5 Å². The summed E-state index contributed by atoms with van der Waals surface area (Å²) in [7, 11) is 0. The molecule has 45 heavy (non-hydrogen) atoms. The molecule has 15 heteroatoms. The summed E-state index contributed by atoms with van der Waals surface area (Å²) < 4.78 is 32.4. The molecule has 1 saturated carbocycles. The van der Waals surface area contributed by atoms with Crippen LogP contribution in [0.4, 0.5) is 9.18 Å². The average Bonchev–Trinajstić information content (AvgIpc) is 3.04. The maximum absolute atomic E-state index is 15.0. The number of hydrogen-bond acceptors (Lipinski definition) is 9. The Labute approximate surface area is 259 Å². The minimum absolute atomic E-state index is 0.0189. The van der Waals surface area contributed by atoms with Gasteiger partial charge in [0.25, 0.3) is 0 Å². The van der Waals surface area contributed by atoms with Gasteiger partial charge < -0.3 is 25.1 Å². The Morgan fingerprint density at radius 3 is 2.29 bits per heavy atom. The number of azide groups is 2. The van der Waals surface area contributed by atoms with Crippen molar-refractivity contribution in [2.45, 2.75) is 87.9 Å². The van der Waals surface area contributed by atoms with Crippen LogP contribution in [0.25, 0.3) is 20.9 Å². The van der Waals surface area contributed by atoms with Gasteiger partial charge in [-0.05, 0) is 41.5 Å². The number of ether oxygens (including phenoxy) is 3. The molecule has 0 spiro atoms. The van der Waals surface area contributed by atoms with Crippen LogP contribution in [0, 0.1) is 5.92 Å². The predicted molar refractivity (Wildman–Crippen MR) is 160 cm³/mol. The van der Waals surface area contributed by atoms with Gasteiger partial charge in [0.1, 0.15) is 19.4 Å². The maximum Gasteiger partial charge on any atom is 0.410 e. The molecule has 1 aliphatic carbocycles. The summed E-state index contributed by atoms with van der Waals surface area (Å²) >= 11 is 0. The number of esters is 1. The molecule has 2 fully saturated rings. The second-order valence-electron chi connectivity index (χ2n) is 11.2. The number of aliphatic hydroxyl groups is 1. The Morgan fingerprint density at radius 1 is 1.07 bits per heavy atom. The molecule has 0 bridgehead atoms. The Hall–Kier alpha value is -4.39. The number of carbonyl (C=O) groups excluding carboxylic acids is 2. The van der Waals surface area contributed by atoms with Crippen LogP contribution in [0.15, 0.2) is 70.9 Å². The SMILES string of the molecule is CC(=O)O[C@H]1C(N=[N+]=[N-])CC(N=[N+]=[N-])C([C@H]2O[C@H]([C@@H](CF)N(Cc3ccccc3)C(=O)OCc3ccccc3)CC[C@H]2N)[C@@H]1O. The van der Waals surface area contributed by atoms with Crippen LogP contribution < -0.4 is 5.73 Å². The lowest BCUT2D eigenvalue weighted by Gasteiger charge is -2.49. The van der Waals surface area contributed by atoms with Crippen LogP contribution in [0.3, 0.4) is 0 Å². The zero-order valence-electron chi connectivity index (χ0n) is 24.8. The molecule has 2 aliphatic rings. The second-order valence-corrected chi connectivity index (χ2v) is 11.2. The number of aliphatic hydroxyl groups excluding tert-OH is 1. The van der Waals surface area contributed by atoms with E-state index in [1.54, 1.807) is 0 Å². The molecule has 0 aromatic heterocycles. The summed E-state index contributed by atoms with van der Waals surface area (Å²) in [5, 5.41) is 19.0. The minimum atomic E-state index is -1.50. The molecule has 240 valence electrons. The number of halogens is 1. The second kappa shape index (κ2) is 16.1. The molecule has 1 amide bonds. The number of alkyl halides is 1. The van der Waals surface area contributed by atoms with Crippen LogP contribution in [-0.2, 0) is 32.2 Å². The van der Waals surface area contributed by atoms with Crippen molar-refractivity contribution in [1.82, 2.24) is 4.90 Å². The molecule has 1 heterocycles. The average molecular weight is 625 g/mol. The Morgan fingerprint density at radius 2 is 1.69 bits per heavy atom. The van der Waals surface area contributed by atoms with E-state index in [1.807, 2.05) is 60.7 Å². The predicted octanol–water partition coefficient (Wildman–Crippen LogP) is 4.71. The zero-order chi connectivity index (χ0) is 32.3. The van der Waals surface area contributed by atoms with Gasteiger partial charge in [0, 0.05) is 41.3 Å². The third-order valence-corrected chi connectivity index (χ3v) is 8.28. The Balaban J connectivity index is 1.62. The number of amides is 1. The van der Waals surface area contributed by atoms with Gasteiger partial charge in [0.05, 0.1) is 30.4 Å². The lowest BCUT2D eigenvalue weighted by molar-refractivity contribution is -0.183. The van der Waals surface area contributed by atoms with Crippen LogP contribution in [0.1, 0.15) is 37.3 Å². The van der Waals surface area contributed by atoms with Crippen molar-refractivity contribution < 1.29 is 33.3 Å². The number of carbonyl (C=O) groups is 2. The normalized spacial score (nSPS) is 28.4. The molecule has 4 rings (SSSR count). The quantitative estimate of drug-likeness (QED) is 0.155. The molecule has 2 aromatic carbocycles. The molecule has 0 radical (unpaired) electrons. The summed E-state index contributed by atoms with van der Waals surface area (Å²) in [4.78, 5) is 32.4. The van der Waals surface area contributed by atoms with Gasteiger partial charge >= 0.3 is 12.1 Å². The van der Waals surface area contributed by atoms with Crippen LogP contribution >= 0.6 is 0 Å². The van der Waals surface area contributed by atoms with Gasteiger partial charge in [-0.25, -0.2) is 9.18 Å². The van der Waals surface area contributed by atoms with Crippen molar-refractivity contribution in [3.63, 3.8) is 0 Å². The zero-order valence-corrected chi connectivity index (χ0v) is 24.8. The van der Waals surface area contributed by atoms with Crippen LogP contribution in [0.5, 0.6) is 0 Å². The molecule has 3 unspecified atom stereocenters. The topological polar surface area (TPSA) is 209 Å². The van der Waals surface area contributed by atoms with Crippen LogP contribution in [0.2, 0.25) is 0 Å². The first-order valence-corrected chi connectivity index (χ1v) is 14.7. The van der Waals surface area contributed by atoms with E-state index in [2.05, 4.69) is 20.1 Å². The van der Waals surface area contributed by atoms with Gasteiger partial charge in [0.15, 0.2) is 0 Å². The van der Waals surface area contributed by atoms with E-state index in [9.17, 15) is 20.2 Å². The highest BCUT2D eigenvalue weighted by atomic mass is 19.1. The van der Waals surface area contributed by atoms with E-state index < -0.39 is 73.2 Å². The van der Waals surface area contributed by atoms with Gasteiger partial charge in [0.2, 0.25) is 0 Å². The Bertz CT molecular complexity index is 1380. The van der Waals surface area contributed by atoms with E-state index >= 15 is 4.39 Å². The van der Waals surface area contributed by atoms with Gasteiger partial charge in [-0.2, -0.15) is 0 Å². The van der Waals surface area contributed by atoms with E-state index in [-0.39, 0.29) is 26.0 Å². The summed E-state index contributed by atoms with van der Waals surface area (Å²) in [5.74, 6) is -1.71. The highest BCUT2D eigenvalue weighted by molar-refractivity contribution is 5.68. The molecule has 2 aromatic rings.